The molecule has 1 aliphatic rings. The summed E-state index contributed by atoms with van der Waals surface area (Å²) in [6.45, 7) is 3.97. The predicted octanol–water partition coefficient (Wildman–Crippen LogP) is 1.60. The van der Waals surface area contributed by atoms with Gasteiger partial charge in [0.25, 0.3) is 0 Å². The van der Waals surface area contributed by atoms with E-state index < -0.39 is 5.54 Å². The number of hydrogen-bond acceptors (Lipinski definition) is 4. The minimum atomic E-state index is -0.612. The summed E-state index contributed by atoms with van der Waals surface area (Å²) in [5.74, 6) is 1.04. The van der Waals surface area contributed by atoms with Crippen LogP contribution in [0.15, 0.2) is 40.3 Å². The van der Waals surface area contributed by atoms with Crippen molar-refractivity contribution < 1.29 is 5.11 Å². The highest BCUT2D eigenvalue weighted by Crippen LogP contribution is 2.11. The lowest BCUT2D eigenvalue weighted by molar-refractivity contribution is 0.222. The zero-order valence-corrected chi connectivity index (χ0v) is 12.2. The molecule has 0 atom stereocenters. The van der Waals surface area contributed by atoms with Gasteiger partial charge in [-0.25, -0.2) is 4.99 Å². The van der Waals surface area contributed by atoms with Gasteiger partial charge in [0.1, 0.15) is 5.84 Å². The van der Waals surface area contributed by atoms with E-state index in [0.29, 0.717) is 18.3 Å². The van der Waals surface area contributed by atoms with Crippen LogP contribution in [0.1, 0.15) is 13.8 Å². The highest BCUT2D eigenvalue weighted by Gasteiger charge is 2.21. The highest BCUT2D eigenvalue weighted by molar-refractivity contribution is 6.18. The molecule has 0 spiro atoms. The van der Waals surface area contributed by atoms with E-state index in [1.807, 2.05) is 44.2 Å². The Bertz CT molecular complexity index is 515. The Kier molecular flexibility index (Phi) is 4.59. The summed E-state index contributed by atoms with van der Waals surface area (Å²) in [7, 11) is 0. The van der Waals surface area contributed by atoms with Crippen LogP contribution >= 0.6 is 11.8 Å². The molecule has 0 unspecified atom stereocenters. The van der Waals surface area contributed by atoms with Crippen molar-refractivity contribution in [2.75, 3.05) is 18.5 Å². The monoisotopic (exact) mass is 295 g/mol. The molecule has 0 saturated carbocycles. The van der Waals surface area contributed by atoms with Crippen LogP contribution in [0.5, 0.6) is 0 Å². The van der Waals surface area contributed by atoms with Crippen molar-refractivity contribution >= 4 is 29.3 Å². The van der Waals surface area contributed by atoms with Crippen molar-refractivity contribution in [1.82, 2.24) is 9.95 Å². The number of halogens is 1. The Morgan fingerprint density at radius 1 is 1.45 bits per heavy atom. The Hall–Kier alpha value is -1.63. The SMILES string of the molecule is CC(C)(CO)N=C1N=C(Nc2ccccc2)CN(Cl)N1. The Balaban J connectivity index is 2.18. The van der Waals surface area contributed by atoms with Crippen molar-refractivity contribution in [3.63, 3.8) is 0 Å². The number of hydrogen-bond donors (Lipinski definition) is 3. The van der Waals surface area contributed by atoms with Gasteiger partial charge in [-0.05, 0) is 26.0 Å². The summed E-state index contributed by atoms with van der Waals surface area (Å²) in [5.41, 5.74) is 3.15. The van der Waals surface area contributed by atoms with Crippen LogP contribution in [-0.2, 0) is 0 Å². The van der Waals surface area contributed by atoms with Gasteiger partial charge in [-0.3, -0.25) is 5.43 Å². The maximum absolute atomic E-state index is 9.25. The first-order chi connectivity index (χ1) is 9.48. The zero-order valence-electron chi connectivity index (χ0n) is 11.5. The molecule has 3 N–H and O–H groups in total. The van der Waals surface area contributed by atoms with Gasteiger partial charge in [-0.15, -0.1) is 4.53 Å². The molecule has 0 bridgehead atoms. The number of benzene rings is 1. The van der Waals surface area contributed by atoms with E-state index in [0.717, 1.165) is 5.69 Å². The fourth-order valence-corrected chi connectivity index (χ4v) is 1.78. The largest absolute Gasteiger partial charge is 0.394 e. The molecule has 0 aliphatic carbocycles. The fraction of sp³-hybridized carbons (Fsp3) is 0.385. The van der Waals surface area contributed by atoms with E-state index in [2.05, 4.69) is 20.7 Å². The number of nitrogens with zero attached hydrogens (tertiary/aromatic N) is 3. The number of anilines is 1. The van der Waals surface area contributed by atoms with Gasteiger partial charge in [0.2, 0.25) is 5.96 Å². The molecule has 0 amide bonds. The van der Waals surface area contributed by atoms with E-state index in [1.165, 1.54) is 4.53 Å². The van der Waals surface area contributed by atoms with Gasteiger partial charge in [0.15, 0.2) is 0 Å². The highest BCUT2D eigenvalue weighted by atomic mass is 35.5. The second-order valence-electron chi connectivity index (χ2n) is 5.09. The second-order valence-corrected chi connectivity index (χ2v) is 5.50. The van der Waals surface area contributed by atoms with Gasteiger partial charge >= 0.3 is 0 Å². The Morgan fingerprint density at radius 2 is 2.15 bits per heavy atom. The minimum Gasteiger partial charge on any atom is -0.394 e. The van der Waals surface area contributed by atoms with Crippen molar-refractivity contribution in [2.24, 2.45) is 9.98 Å². The second kappa shape index (κ2) is 6.21. The number of guanidine groups is 1. The maximum atomic E-state index is 9.25. The summed E-state index contributed by atoms with van der Waals surface area (Å²) >= 11 is 6.00. The predicted molar refractivity (Wildman–Crippen MR) is 81.8 cm³/mol. The summed E-state index contributed by atoms with van der Waals surface area (Å²) in [6, 6.07) is 9.70. The molecule has 0 fully saturated rings. The number of para-hydroxylation sites is 1. The molecule has 0 aromatic heterocycles. The number of aliphatic hydroxyl groups excluding tert-OH is 1. The number of aliphatic hydroxyl groups is 1. The maximum Gasteiger partial charge on any atom is 0.236 e. The van der Waals surface area contributed by atoms with Gasteiger partial charge in [-0.1, -0.05) is 18.2 Å². The van der Waals surface area contributed by atoms with E-state index in [-0.39, 0.29) is 6.61 Å². The lowest BCUT2D eigenvalue weighted by Gasteiger charge is -2.25. The van der Waals surface area contributed by atoms with Crippen LogP contribution in [-0.4, -0.2) is 40.1 Å². The van der Waals surface area contributed by atoms with E-state index in [9.17, 15) is 5.11 Å². The number of amidine groups is 1. The minimum absolute atomic E-state index is 0.0720. The Labute approximate surface area is 123 Å². The van der Waals surface area contributed by atoms with Crippen LogP contribution in [0.3, 0.4) is 0 Å². The first-order valence-corrected chi connectivity index (χ1v) is 6.63. The molecule has 7 heteroatoms. The number of aliphatic imine (C=N–C) groups is 2. The molecule has 0 radical (unpaired) electrons. The molecule has 2 rings (SSSR count). The smallest absolute Gasteiger partial charge is 0.236 e. The molecule has 1 aromatic rings. The van der Waals surface area contributed by atoms with E-state index in [4.69, 9.17) is 11.8 Å². The molecule has 1 aromatic carbocycles. The summed E-state index contributed by atoms with van der Waals surface area (Å²) < 4.78 is 1.37. The lowest BCUT2D eigenvalue weighted by atomic mass is 10.1. The summed E-state index contributed by atoms with van der Waals surface area (Å²) in [6.07, 6.45) is 0. The van der Waals surface area contributed by atoms with Crippen molar-refractivity contribution in [3.8, 4) is 0 Å². The van der Waals surface area contributed by atoms with Crippen LogP contribution < -0.4 is 10.7 Å². The normalized spacial score (nSPS) is 18.6. The summed E-state index contributed by atoms with van der Waals surface area (Å²) in [4.78, 5) is 8.70. The average molecular weight is 296 g/mol. The van der Waals surface area contributed by atoms with Crippen LogP contribution in [0.25, 0.3) is 0 Å². The third-order valence-electron chi connectivity index (χ3n) is 2.61. The molecule has 108 valence electrons. The fourth-order valence-electron chi connectivity index (χ4n) is 1.60. The van der Waals surface area contributed by atoms with Gasteiger partial charge in [-0.2, -0.15) is 4.99 Å². The molecule has 6 nitrogen and oxygen atoms in total. The quantitative estimate of drug-likeness (QED) is 0.741. The lowest BCUT2D eigenvalue weighted by Crippen LogP contribution is -2.46. The van der Waals surface area contributed by atoms with Gasteiger partial charge in [0.05, 0.1) is 18.7 Å². The third kappa shape index (κ3) is 4.19. The summed E-state index contributed by atoms with van der Waals surface area (Å²) in [5, 5.41) is 12.4. The molecule has 1 heterocycles. The van der Waals surface area contributed by atoms with Crippen molar-refractivity contribution in [3.05, 3.63) is 30.3 Å². The number of hydrazine groups is 1. The van der Waals surface area contributed by atoms with Crippen LogP contribution in [0, 0.1) is 0 Å². The number of rotatable bonds is 3. The molecular formula is C13H18ClN5O. The standard InChI is InChI=1S/C13H18ClN5O/c1-13(2,9-20)17-12-16-11(8-19(14)18-12)15-10-6-4-3-5-7-10/h3-7,20H,8-9H2,1-2H3,(H2,15,16,17,18). The van der Waals surface area contributed by atoms with Crippen LogP contribution in [0.4, 0.5) is 5.69 Å². The van der Waals surface area contributed by atoms with Crippen molar-refractivity contribution in [2.45, 2.75) is 19.4 Å². The Morgan fingerprint density at radius 3 is 2.80 bits per heavy atom. The number of nitrogens with one attached hydrogen (secondary N) is 2. The molecule has 20 heavy (non-hydrogen) atoms. The average Bonchev–Trinajstić information content (AvgIpc) is 2.38. The molecule has 0 saturated heterocycles. The first kappa shape index (κ1) is 14.8. The van der Waals surface area contributed by atoms with E-state index in [1.54, 1.807) is 0 Å². The zero-order chi connectivity index (χ0) is 14.6. The van der Waals surface area contributed by atoms with Gasteiger partial charge in [0, 0.05) is 17.5 Å². The first-order valence-electron chi connectivity index (χ1n) is 6.29. The third-order valence-corrected chi connectivity index (χ3v) is 2.81. The van der Waals surface area contributed by atoms with E-state index >= 15 is 0 Å². The van der Waals surface area contributed by atoms with Crippen LogP contribution in [0.2, 0.25) is 0 Å². The molecular weight excluding hydrogens is 278 g/mol. The van der Waals surface area contributed by atoms with Gasteiger partial charge < -0.3 is 10.4 Å². The topological polar surface area (TPSA) is 72.2 Å². The molecule has 1 aliphatic heterocycles. The van der Waals surface area contributed by atoms with Crippen molar-refractivity contribution in [1.29, 1.82) is 0 Å².